The van der Waals surface area contributed by atoms with Crippen LogP contribution < -0.4 is 23.7 Å². The molecule has 0 aromatic heterocycles. The van der Waals surface area contributed by atoms with Crippen LogP contribution >= 0.6 is 11.1 Å². The van der Waals surface area contributed by atoms with Crippen LogP contribution in [-0.4, -0.2) is 74.6 Å². The van der Waals surface area contributed by atoms with Gasteiger partial charge in [0.15, 0.2) is 32.3 Å². The molecule has 8 nitrogen and oxygen atoms in total. The molecule has 0 bridgehead atoms. The van der Waals surface area contributed by atoms with Crippen molar-refractivity contribution in [2.24, 2.45) is 0 Å². The van der Waals surface area contributed by atoms with Crippen LogP contribution in [0.15, 0.2) is 24.3 Å². The predicted octanol–water partition coefficient (Wildman–Crippen LogP) is 7.46. The van der Waals surface area contributed by atoms with Gasteiger partial charge in [-0.3, -0.25) is 0 Å². The summed E-state index contributed by atoms with van der Waals surface area (Å²) in [7, 11) is -11.2. The van der Waals surface area contributed by atoms with Crippen LogP contribution in [0.3, 0.4) is 0 Å². The van der Waals surface area contributed by atoms with Gasteiger partial charge in [0.05, 0.1) is 21.8 Å². The molecule has 0 aliphatic heterocycles. The molecular weight excluding hydrogens is 747 g/mol. The van der Waals surface area contributed by atoms with Crippen molar-refractivity contribution in [2.75, 3.05) is 13.2 Å². The Labute approximate surface area is 332 Å². The number of carbonyl (C=O) groups is 2. The number of ether oxygens (including phenoxy) is 2. The van der Waals surface area contributed by atoms with E-state index in [1.165, 1.54) is 31.7 Å². The smallest absolute Gasteiger partial charge is 0.839 e. The summed E-state index contributed by atoms with van der Waals surface area (Å²) in [6.07, 6.45) is 6.52. The molecule has 0 aliphatic carbocycles. The summed E-state index contributed by atoms with van der Waals surface area (Å²) in [5.74, 6) is -0.619. The van der Waals surface area contributed by atoms with Crippen molar-refractivity contribution in [3.05, 3.63) is 24.3 Å². The van der Waals surface area contributed by atoms with E-state index in [2.05, 4.69) is 92.5 Å². The van der Waals surface area contributed by atoms with E-state index < -0.39 is 49.5 Å². The summed E-state index contributed by atoms with van der Waals surface area (Å²) in [6, 6.07) is 4.26. The van der Waals surface area contributed by atoms with Gasteiger partial charge in [0.2, 0.25) is 0 Å². The average Bonchev–Trinajstić information content (AvgIpc) is 2.88. The number of rotatable bonds is 22. The quantitative estimate of drug-likeness (QED) is 0.0365. The monoisotopic (exact) mass is 822 g/mol. The zero-order chi connectivity index (χ0) is 39.3. The van der Waals surface area contributed by atoms with Crippen molar-refractivity contribution in [3.8, 4) is 0 Å². The maximum Gasteiger partial charge on any atom is 1.00 e. The second-order valence-corrected chi connectivity index (χ2v) is 43.5. The summed E-state index contributed by atoms with van der Waals surface area (Å²) >= 11 is 6.09. The number of hydrogen-bond acceptors (Lipinski definition) is 8. The number of unbranched alkanes of at least 4 members (excludes halogenated alkanes) is 2. The summed E-state index contributed by atoms with van der Waals surface area (Å²) in [5, 5.41) is 0. The molecule has 0 heterocycles. The minimum atomic E-state index is -2.53. The van der Waals surface area contributed by atoms with E-state index in [0.29, 0.717) is 24.4 Å². The van der Waals surface area contributed by atoms with E-state index in [0.717, 1.165) is 31.0 Å². The third kappa shape index (κ3) is 39.7. The van der Waals surface area contributed by atoms with Gasteiger partial charge in [-0.25, -0.2) is 9.59 Å². The molecule has 0 fully saturated rings. The first-order chi connectivity index (χ1) is 21.9. The topological polar surface area (TPSA) is 103 Å². The Morgan fingerprint density at radius 3 is 1.16 bits per heavy atom. The van der Waals surface area contributed by atoms with Gasteiger partial charge < -0.3 is 26.6 Å². The molecule has 0 radical (unpaired) electrons. The molecule has 0 aromatic carbocycles. The Hall–Kier alpha value is 0.449. The van der Waals surface area contributed by atoms with E-state index >= 15 is 0 Å². The normalized spacial score (nSPS) is 12.4. The Morgan fingerprint density at radius 2 is 0.880 bits per heavy atom. The first-order valence-corrected chi connectivity index (χ1v) is 37.2. The number of carbonyl (C=O) groups excluding carboxylic acids is 2. The molecule has 0 aliphatic rings. The van der Waals surface area contributed by atoms with Crippen LogP contribution in [0.2, 0.25) is 103 Å². The van der Waals surface area contributed by atoms with E-state index in [4.69, 9.17) is 32.9 Å². The fourth-order valence-electron chi connectivity index (χ4n) is 4.94. The van der Waals surface area contributed by atoms with Crippen molar-refractivity contribution >= 4 is 72.5 Å². The molecule has 0 N–H and O–H groups in total. The summed E-state index contributed by atoms with van der Waals surface area (Å²) in [6.45, 7) is 41.0. The van der Waals surface area contributed by atoms with E-state index in [9.17, 15) is 14.4 Å². The van der Waals surface area contributed by atoms with Gasteiger partial charge in [-0.05, 0) is 103 Å². The van der Waals surface area contributed by atoms with Crippen molar-refractivity contribution in [1.82, 2.24) is 0 Å². The Morgan fingerprint density at radius 1 is 0.580 bits per heavy atom. The minimum Gasteiger partial charge on any atom is -0.839 e. The predicted molar refractivity (Wildman–Crippen MR) is 224 cm³/mol. The number of hydrogen-bond donors (Lipinski definition) is 0. The molecule has 50 heavy (non-hydrogen) atoms. The molecule has 0 saturated carbocycles. The first kappa shape index (κ1) is 57.2. The average molecular weight is 824 g/mol. The van der Waals surface area contributed by atoms with Crippen LogP contribution in [0.4, 0.5) is 0 Å². The Balaban J connectivity index is -0.000000345. The standard InChI is InChI=1S/C17H38O4Si3.C9H17ClO2Si.C8H21O2Si2.Li/c1-10-11-14-22(4,5)20-24(8,9)21-23(6,7)15-12-13-19-17(18)16(2)3;1-8(2)9(11)12-6-5-7-13(3,4)10;1-6-7-8-11(2,3)10-12(4,5)9;/h2,10-15H2,1,3-9H3;1,5-7H2,2-4H3;6-8H2,1-5H3;/q;;-1;+1. The second-order valence-electron chi connectivity index (χ2n) is 16.4. The van der Waals surface area contributed by atoms with Gasteiger partial charge in [0.1, 0.15) is 0 Å². The molecule has 0 unspecified atom stereocenters. The SMILES string of the molecule is C=C(C)C(=O)OCCC[Si](C)(C)Cl.C=C(C)C(=O)OCCC[Si](C)(C)O[Si](C)(C)O[Si](C)(C)CCCC.CCCC[Si](C)(C)O[Si](C)(C)[O-].[Li+]. The Kier molecular flexibility index (Phi) is 31.0. The molecule has 292 valence electrons. The maximum absolute atomic E-state index is 11.4. The fraction of sp³-hybridized carbons (Fsp3) is 0.824. The van der Waals surface area contributed by atoms with Gasteiger partial charge in [-0.1, -0.05) is 78.9 Å². The van der Waals surface area contributed by atoms with Crippen molar-refractivity contribution in [3.63, 3.8) is 0 Å². The molecule has 0 spiro atoms. The van der Waals surface area contributed by atoms with Crippen molar-refractivity contribution < 1.29 is 55.1 Å². The molecular formula is C34H76ClLiO8Si6. The number of esters is 2. The van der Waals surface area contributed by atoms with Gasteiger partial charge in [0.25, 0.3) is 0 Å². The molecule has 0 amide bonds. The zero-order valence-electron chi connectivity index (χ0n) is 35.5. The molecule has 0 saturated heterocycles. The van der Waals surface area contributed by atoms with Gasteiger partial charge in [-0.15, -0.1) is 0 Å². The third-order valence-electron chi connectivity index (χ3n) is 6.83. The maximum atomic E-state index is 11.4. The first-order valence-electron chi connectivity index (χ1n) is 18.0. The van der Waals surface area contributed by atoms with Gasteiger partial charge >= 0.3 is 39.4 Å². The third-order valence-corrected chi connectivity index (χ3v) is 26.1. The van der Waals surface area contributed by atoms with Crippen LogP contribution in [0, 0.1) is 0 Å². The van der Waals surface area contributed by atoms with Crippen LogP contribution in [0.1, 0.15) is 66.2 Å². The van der Waals surface area contributed by atoms with E-state index in [1.807, 2.05) is 0 Å². The van der Waals surface area contributed by atoms with E-state index in [-0.39, 0.29) is 30.8 Å². The molecule has 0 aromatic rings. The summed E-state index contributed by atoms with van der Waals surface area (Å²) in [5.41, 5.74) is 0.895. The van der Waals surface area contributed by atoms with Crippen molar-refractivity contribution in [2.45, 2.75) is 169 Å². The van der Waals surface area contributed by atoms with Crippen LogP contribution in [-0.2, 0) is 31.4 Å². The second kappa shape index (κ2) is 27.1. The van der Waals surface area contributed by atoms with Crippen LogP contribution in [0.25, 0.3) is 0 Å². The Bertz CT molecular complexity index is 984. The molecule has 0 rings (SSSR count). The van der Waals surface area contributed by atoms with E-state index in [1.54, 1.807) is 26.9 Å². The molecule has 16 heteroatoms. The van der Waals surface area contributed by atoms with Crippen molar-refractivity contribution in [1.29, 1.82) is 0 Å². The summed E-state index contributed by atoms with van der Waals surface area (Å²) in [4.78, 5) is 33.7. The zero-order valence-corrected chi connectivity index (χ0v) is 42.3. The van der Waals surface area contributed by atoms with Gasteiger partial charge in [-0.2, -0.15) is 11.1 Å². The summed E-state index contributed by atoms with van der Waals surface area (Å²) < 4.78 is 28.8. The number of halogens is 1. The fourth-order valence-corrected chi connectivity index (χ4v) is 27.5. The largest absolute Gasteiger partial charge is 1.00 e. The molecule has 0 atom stereocenters. The minimum absolute atomic E-state index is 0. The van der Waals surface area contributed by atoms with Gasteiger partial charge in [0, 0.05) is 11.1 Å². The van der Waals surface area contributed by atoms with Crippen LogP contribution in [0.5, 0.6) is 0 Å².